The molecule has 3 N–H and O–H groups in total. The first-order valence-electron chi connectivity index (χ1n) is 6.20. The lowest BCUT2D eigenvalue weighted by Gasteiger charge is -2.45. The zero-order chi connectivity index (χ0) is 11.3. The molecule has 1 aliphatic carbocycles. The Morgan fingerprint density at radius 2 is 2.27 bits per heavy atom. The van der Waals surface area contributed by atoms with Gasteiger partial charge in [-0.05, 0) is 44.1 Å². The fourth-order valence-corrected chi connectivity index (χ4v) is 2.76. The Morgan fingerprint density at radius 1 is 1.53 bits per heavy atom. The third-order valence-electron chi connectivity index (χ3n) is 3.97. The Balaban J connectivity index is 2.54. The Bertz CT molecular complexity index is 203. The van der Waals surface area contributed by atoms with Gasteiger partial charge >= 0.3 is 0 Å². The summed E-state index contributed by atoms with van der Waals surface area (Å²) in [6.45, 7) is 10.2. The summed E-state index contributed by atoms with van der Waals surface area (Å²) in [7, 11) is 0. The molecule has 3 unspecified atom stereocenters. The normalized spacial score (nSPS) is 36.5. The Labute approximate surface area is 94.3 Å². The third kappa shape index (κ3) is 3.05. The monoisotopic (exact) mass is 210 g/mol. The molecule has 88 valence electrons. The Hall–Kier alpha value is -0.340. The molecule has 0 aromatic carbocycles. The van der Waals surface area contributed by atoms with Crippen LogP contribution in [0.1, 0.15) is 39.5 Å². The average Bonchev–Trinajstić information content (AvgIpc) is 2.22. The Morgan fingerprint density at radius 3 is 2.80 bits per heavy atom. The maximum atomic E-state index is 5.97. The van der Waals surface area contributed by atoms with Crippen molar-refractivity contribution in [2.24, 2.45) is 17.6 Å². The molecule has 0 aromatic rings. The molecular formula is C13H26N2. The molecular weight excluding hydrogens is 184 g/mol. The van der Waals surface area contributed by atoms with Crippen LogP contribution in [0, 0.1) is 11.8 Å². The minimum absolute atomic E-state index is 0.190. The highest BCUT2D eigenvalue weighted by molar-refractivity contribution is 4.97. The minimum atomic E-state index is 0.190. The fourth-order valence-electron chi connectivity index (χ4n) is 2.76. The minimum Gasteiger partial charge on any atom is -0.329 e. The molecule has 0 radical (unpaired) electrons. The summed E-state index contributed by atoms with van der Waals surface area (Å²) in [5.41, 5.74) is 6.16. The molecule has 0 heterocycles. The SMILES string of the molecule is C=CCCNC1(CN)CCC(C)CC1C. The van der Waals surface area contributed by atoms with Crippen molar-refractivity contribution in [3.63, 3.8) is 0 Å². The molecule has 2 heteroatoms. The zero-order valence-corrected chi connectivity index (χ0v) is 10.3. The van der Waals surface area contributed by atoms with E-state index in [0.29, 0.717) is 5.92 Å². The van der Waals surface area contributed by atoms with Crippen molar-refractivity contribution in [1.29, 1.82) is 0 Å². The zero-order valence-electron chi connectivity index (χ0n) is 10.3. The molecule has 0 spiro atoms. The molecule has 2 nitrogen and oxygen atoms in total. The van der Waals surface area contributed by atoms with E-state index in [1.165, 1.54) is 19.3 Å². The van der Waals surface area contributed by atoms with Crippen LogP contribution in [0.3, 0.4) is 0 Å². The van der Waals surface area contributed by atoms with Crippen LogP contribution in [0.15, 0.2) is 12.7 Å². The van der Waals surface area contributed by atoms with Crippen LogP contribution in [0.2, 0.25) is 0 Å². The summed E-state index contributed by atoms with van der Waals surface area (Å²) in [6, 6.07) is 0. The van der Waals surface area contributed by atoms with E-state index in [9.17, 15) is 0 Å². The molecule has 0 aliphatic heterocycles. The quantitative estimate of drug-likeness (QED) is 0.540. The van der Waals surface area contributed by atoms with Gasteiger partial charge in [-0.2, -0.15) is 0 Å². The highest BCUT2D eigenvalue weighted by atomic mass is 15.0. The van der Waals surface area contributed by atoms with Crippen LogP contribution >= 0.6 is 0 Å². The van der Waals surface area contributed by atoms with Gasteiger partial charge in [0, 0.05) is 12.1 Å². The van der Waals surface area contributed by atoms with Gasteiger partial charge in [0.05, 0.1) is 0 Å². The maximum absolute atomic E-state index is 5.97. The van der Waals surface area contributed by atoms with Crippen molar-refractivity contribution in [2.45, 2.75) is 45.1 Å². The van der Waals surface area contributed by atoms with Gasteiger partial charge in [0.1, 0.15) is 0 Å². The van der Waals surface area contributed by atoms with E-state index in [-0.39, 0.29) is 5.54 Å². The molecule has 1 saturated carbocycles. The lowest BCUT2D eigenvalue weighted by molar-refractivity contribution is 0.131. The lowest BCUT2D eigenvalue weighted by atomic mass is 9.70. The molecule has 1 aliphatic rings. The summed E-state index contributed by atoms with van der Waals surface area (Å²) < 4.78 is 0. The van der Waals surface area contributed by atoms with Gasteiger partial charge in [-0.25, -0.2) is 0 Å². The predicted molar refractivity (Wildman–Crippen MR) is 66.8 cm³/mol. The number of nitrogens with two attached hydrogens (primary N) is 1. The van der Waals surface area contributed by atoms with Gasteiger partial charge in [-0.1, -0.05) is 19.9 Å². The lowest BCUT2D eigenvalue weighted by Crippen LogP contribution is -2.58. The van der Waals surface area contributed by atoms with Crippen LogP contribution in [-0.4, -0.2) is 18.6 Å². The van der Waals surface area contributed by atoms with Gasteiger partial charge in [0.15, 0.2) is 0 Å². The second-order valence-electron chi connectivity index (χ2n) is 5.14. The molecule has 0 aromatic heterocycles. The highest BCUT2D eigenvalue weighted by Crippen LogP contribution is 2.36. The van der Waals surface area contributed by atoms with Crippen LogP contribution in [0.5, 0.6) is 0 Å². The highest BCUT2D eigenvalue weighted by Gasteiger charge is 2.38. The van der Waals surface area contributed by atoms with Gasteiger partial charge in [0.2, 0.25) is 0 Å². The van der Waals surface area contributed by atoms with Crippen molar-refractivity contribution >= 4 is 0 Å². The van der Waals surface area contributed by atoms with E-state index in [4.69, 9.17) is 5.73 Å². The van der Waals surface area contributed by atoms with Gasteiger partial charge in [0.25, 0.3) is 0 Å². The molecule has 1 rings (SSSR count). The average molecular weight is 210 g/mol. The number of nitrogens with one attached hydrogen (secondary N) is 1. The van der Waals surface area contributed by atoms with Crippen molar-refractivity contribution in [2.75, 3.05) is 13.1 Å². The summed E-state index contributed by atoms with van der Waals surface area (Å²) >= 11 is 0. The van der Waals surface area contributed by atoms with E-state index in [1.54, 1.807) is 0 Å². The number of hydrogen-bond donors (Lipinski definition) is 2. The molecule has 0 bridgehead atoms. The van der Waals surface area contributed by atoms with Gasteiger partial charge < -0.3 is 11.1 Å². The largest absolute Gasteiger partial charge is 0.329 e. The Kier molecular flexibility index (Phi) is 4.81. The van der Waals surface area contributed by atoms with Crippen LogP contribution in [0.25, 0.3) is 0 Å². The first-order valence-corrected chi connectivity index (χ1v) is 6.20. The second kappa shape index (κ2) is 5.66. The molecule has 3 atom stereocenters. The first kappa shape index (κ1) is 12.7. The number of hydrogen-bond acceptors (Lipinski definition) is 2. The van der Waals surface area contributed by atoms with Gasteiger partial charge in [-0.3, -0.25) is 0 Å². The van der Waals surface area contributed by atoms with Gasteiger partial charge in [-0.15, -0.1) is 6.58 Å². The topological polar surface area (TPSA) is 38.0 Å². The summed E-state index contributed by atoms with van der Waals surface area (Å²) in [4.78, 5) is 0. The number of rotatable bonds is 5. The summed E-state index contributed by atoms with van der Waals surface area (Å²) in [6.07, 6.45) is 6.83. The smallest absolute Gasteiger partial charge is 0.0330 e. The van der Waals surface area contributed by atoms with E-state index in [1.807, 2.05) is 6.08 Å². The van der Waals surface area contributed by atoms with E-state index in [0.717, 1.165) is 25.4 Å². The standard InChI is InChI=1S/C13H26N2/c1-4-5-8-15-13(10-14)7-6-11(2)9-12(13)3/h4,11-12,15H,1,5-10,14H2,2-3H3. The second-order valence-corrected chi connectivity index (χ2v) is 5.14. The fraction of sp³-hybridized carbons (Fsp3) is 0.846. The van der Waals surface area contributed by atoms with E-state index in [2.05, 4.69) is 25.7 Å². The van der Waals surface area contributed by atoms with E-state index < -0.39 is 0 Å². The van der Waals surface area contributed by atoms with Crippen molar-refractivity contribution in [1.82, 2.24) is 5.32 Å². The van der Waals surface area contributed by atoms with Crippen molar-refractivity contribution in [3.05, 3.63) is 12.7 Å². The van der Waals surface area contributed by atoms with Crippen molar-refractivity contribution < 1.29 is 0 Å². The van der Waals surface area contributed by atoms with E-state index >= 15 is 0 Å². The maximum Gasteiger partial charge on any atom is 0.0330 e. The summed E-state index contributed by atoms with van der Waals surface area (Å²) in [5, 5.41) is 3.66. The molecule has 0 saturated heterocycles. The summed E-state index contributed by atoms with van der Waals surface area (Å²) in [5.74, 6) is 1.55. The molecule has 1 fully saturated rings. The third-order valence-corrected chi connectivity index (χ3v) is 3.97. The van der Waals surface area contributed by atoms with Crippen molar-refractivity contribution in [3.8, 4) is 0 Å². The first-order chi connectivity index (χ1) is 7.14. The molecule has 0 amide bonds. The molecule has 15 heavy (non-hydrogen) atoms. The predicted octanol–water partition coefficient (Wildman–Crippen LogP) is 2.31. The van der Waals surface area contributed by atoms with Crippen LogP contribution in [-0.2, 0) is 0 Å². The van der Waals surface area contributed by atoms with Crippen LogP contribution < -0.4 is 11.1 Å². The van der Waals surface area contributed by atoms with Crippen LogP contribution in [0.4, 0.5) is 0 Å².